The molecule has 1 unspecified atom stereocenters. The molecule has 0 saturated heterocycles. The Morgan fingerprint density at radius 1 is 1.57 bits per heavy atom. The number of rotatable bonds is 3. The van der Waals surface area contributed by atoms with Crippen molar-refractivity contribution in [1.82, 2.24) is 0 Å². The minimum Gasteiger partial charge on any atom is -0.505 e. The summed E-state index contributed by atoms with van der Waals surface area (Å²) < 4.78 is 13.0. The molecule has 0 aliphatic heterocycles. The van der Waals surface area contributed by atoms with E-state index in [1.54, 1.807) is 0 Å². The van der Waals surface area contributed by atoms with Crippen molar-refractivity contribution in [2.75, 3.05) is 6.54 Å². The zero-order valence-corrected chi connectivity index (χ0v) is 8.68. The van der Waals surface area contributed by atoms with E-state index in [4.69, 9.17) is 17.3 Å². The van der Waals surface area contributed by atoms with Gasteiger partial charge in [-0.25, -0.2) is 4.39 Å². The van der Waals surface area contributed by atoms with Crippen LogP contribution in [-0.4, -0.2) is 11.7 Å². The molecule has 0 fully saturated rings. The van der Waals surface area contributed by atoms with E-state index in [9.17, 15) is 9.50 Å². The van der Waals surface area contributed by atoms with E-state index in [-0.39, 0.29) is 10.9 Å². The molecule has 0 aliphatic rings. The lowest BCUT2D eigenvalue weighted by molar-refractivity contribution is 0.431. The lowest BCUT2D eigenvalue weighted by Crippen LogP contribution is -2.04. The molecule has 3 N–H and O–H groups in total. The van der Waals surface area contributed by atoms with Crippen LogP contribution in [0.4, 0.5) is 4.39 Å². The van der Waals surface area contributed by atoms with Gasteiger partial charge in [-0.2, -0.15) is 0 Å². The first-order valence-corrected chi connectivity index (χ1v) is 4.82. The van der Waals surface area contributed by atoms with Crippen molar-refractivity contribution in [2.24, 2.45) is 5.73 Å². The second-order valence-electron chi connectivity index (χ2n) is 3.31. The number of aromatic hydroxyl groups is 1. The second kappa shape index (κ2) is 4.62. The van der Waals surface area contributed by atoms with E-state index < -0.39 is 11.6 Å². The number of hydrogen-bond donors (Lipinski definition) is 2. The van der Waals surface area contributed by atoms with Crippen molar-refractivity contribution in [2.45, 2.75) is 19.3 Å². The first-order valence-electron chi connectivity index (χ1n) is 4.44. The Morgan fingerprint density at radius 3 is 2.71 bits per heavy atom. The van der Waals surface area contributed by atoms with Crippen LogP contribution >= 0.6 is 11.6 Å². The fraction of sp³-hybridized carbons (Fsp3) is 0.400. The summed E-state index contributed by atoms with van der Waals surface area (Å²) in [5, 5.41) is 9.16. The van der Waals surface area contributed by atoms with Crippen LogP contribution in [0.5, 0.6) is 5.75 Å². The van der Waals surface area contributed by atoms with Crippen LogP contribution < -0.4 is 5.73 Å². The van der Waals surface area contributed by atoms with Crippen LogP contribution in [0.1, 0.15) is 24.8 Å². The van der Waals surface area contributed by atoms with E-state index in [1.807, 2.05) is 6.92 Å². The SMILES string of the molecule is CC(CCN)c1cc(O)c(F)c(Cl)c1. The summed E-state index contributed by atoms with van der Waals surface area (Å²) in [6.45, 7) is 2.51. The van der Waals surface area contributed by atoms with Gasteiger partial charge in [-0.1, -0.05) is 18.5 Å². The summed E-state index contributed by atoms with van der Waals surface area (Å²) in [7, 11) is 0. The average molecular weight is 218 g/mol. The number of halogens is 2. The molecule has 0 radical (unpaired) electrons. The number of phenolic OH excluding ortho intramolecular Hbond substituents is 1. The molecule has 0 bridgehead atoms. The van der Waals surface area contributed by atoms with Crippen LogP contribution in [0.15, 0.2) is 12.1 Å². The van der Waals surface area contributed by atoms with Gasteiger partial charge < -0.3 is 10.8 Å². The average Bonchev–Trinajstić information content (AvgIpc) is 2.13. The Bertz CT molecular complexity index is 307. The summed E-state index contributed by atoms with van der Waals surface area (Å²) in [6.07, 6.45) is 0.779. The van der Waals surface area contributed by atoms with E-state index in [0.717, 1.165) is 12.0 Å². The van der Waals surface area contributed by atoms with Gasteiger partial charge in [0.1, 0.15) is 0 Å². The van der Waals surface area contributed by atoms with Gasteiger partial charge in [0.05, 0.1) is 5.02 Å². The van der Waals surface area contributed by atoms with Crippen LogP contribution in [0.2, 0.25) is 5.02 Å². The number of hydrogen-bond acceptors (Lipinski definition) is 2. The number of phenols is 1. The summed E-state index contributed by atoms with van der Waals surface area (Å²) in [5.74, 6) is -1.00. The number of nitrogens with two attached hydrogens (primary N) is 1. The topological polar surface area (TPSA) is 46.2 Å². The zero-order chi connectivity index (χ0) is 10.7. The molecule has 1 aromatic rings. The van der Waals surface area contributed by atoms with Gasteiger partial charge in [0.25, 0.3) is 0 Å². The third-order valence-corrected chi connectivity index (χ3v) is 2.48. The zero-order valence-electron chi connectivity index (χ0n) is 7.93. The molecule has 14 heavy (non-hydrogen) atoms. The molecular weight excluding hydrogens is 205 g/mol. The second-order valence-corrected chi connectivity index (χ2v) is 3.72. The Labute approximate surface area is 87.5 Å². The van der Waals surface area contributed by atoms with Gasteiger partial charge in [0, 0.05) is 0 Å². The molecule has 4 heteroatoms. The first kappa shape index (κ1) is 11.3. The highest BCUT2D eigenvalue weighted by Gasteiger charge is 2.12. The molecule has 1 rings (SSSR count). The fourth-order valence-corrected chi connectivity index (χ4v) is 1.52. The number of benzene rings is 1. The van der Waals surface area contributed by atoms with Crippen LogP contribution in [0.25, 0.3) is 0 Å². The van der Waals surface area contributed by atoms with Crippen LogP contribution in [0.3, 0.4) is 0 Å². The van der Waals surface area contributed by atoms with Gasteiger partial charge in [0.2, 0.25) is 0 Å². The highest BCUT2D eigenvalue weighted by molar-refractivity contribution is 6.30. The molecule has 0 spiro atoms. The van der Waals surface area contributed by atoms with Crippen molar-refractivity contribution in [3.8, 4) is 5.75 Å². The van der Waals surface area contributed by atoms with Crippen molar-refractivity contribution in [3.05, 3.63) is 28.5 Å². The molecular formula is C10H13ClFNO. The third kappa shape index (κ3) is 2.36. The predicted octanol–water partition coefficient (Wildman–Crippen LogP) is 2.64. The normalized spacial score (nSPS) is 12.9. The molecule has 1 aromatic carbocycles. The van der Waals surface area contributed by atoms with E-state index in [1.165, 1.54) is 12.1 Å². The molecule has 0 aromatic heterocycles. The molecule has 0 saturated carbocycles. The van der Waals surface area contributed by atoms with Gasteiger partial charge in [-0.05, 0) is 36.6 Å². The third-order valence-electron chi connectivity index (χ3n) is 2.20. The molecule has 1 atom stereocenters. The molecule has 0 heterocycles. The van der Waals surface area contributed by atoms with Crippen molar-refractivity contribution in [3.63, 3.8) is 0 Å². The first-order chi connectivity index (χ1) is 6.56. The Hall–Kier alpha value is -0.800. The maximum absolute atomic E-state index is 13.0. The van der Waals surface area contributed by atoms with Crippen molar-refractivity contribution >= 4 is 11.6 Å². The van der Waals surface area contributed by atoms with Crippen LogP contribution in [0, 0.1) is 5.82 Å². The Kier molecular flexibility index (Phi) is 3.72. The Morgan fingerprint density at radius 2 is 2.21 bits per heavy atom. The standard InChI is InChI=1S/C10H13ClFNO/c1-6(2-3-13)7-4-8(11)10(12)9(14)5-7/h4-6,14H,2-3,13H2,1H3. The maximum atomic E-state index is 13.0. The largest absolute Gasteiger partial charge is 0.505 e. The fourth-order valence-electron chi connectivity index (χ4n) is 1.30. The van der Waals surface area contributed by atoms with E-state index >= 15 is 0 Å². The highest BCUT2D eigenvalue weighted by atomic mass is 35.5. The van der Waals surface area contributed by atoms with Gasteiger partial charge in [-0.15, -0.1) is 0 Å². The smallest absolute Gasteiger partial charge is 0.183 e. The van der Waals surface area contributed by atoms with E-state index in [2.05, 4.69) is 0 Å². The monoisotopic (exact) mass is 217 g/mol. The minimum atomic E-state index is -0.768. The van der Waals surface area contributed by atoms with E-state index in [0.29, 0.717) is 6.54 Å². The molecule has 2 nitrogen and oxygen atoms in total. The predicted molar refractivity (Wildman–Crippen MR) is 55.2 cm³/mol. The van der Waals surface area contributed by atoms with Gasteiger partial charge >= 0.3 is 0 Å². The van der Waals surface area contributed by atoms with Gasteiger partial charge in [-0.3, -0.25) is 0 Å². The molecule has 0 amide bonds. The van der Waals surface area contributed by atoms with Crippen LogP contribution in [-0.2, 0) is 0 Å². The molecule has 78 valence electrons. The maximum Gasteiger partial charge on any atom is 0.183 e. The molecule has 0 aliphatic carbocycles. The van der Waals surface area contributed by atoms with Crippen molar-refractivity contribution < 1.29 is 9.50 Å². The quantitative estimate of drug-likeness (QED) is 0.818. The summed E-state index contributed by atoms with van der Waals surface area (Å²) in [6, 6.07) is 2.92. The van der Waals surface area contributed by atoms with Crippen molar-refractivity contribution in [1.29, 1.82) is 0 Å². The Balaban J connectivity index is 3.00. The summed E-state index contributed by atoms with van der Waals surface area (Å²) in [4.78, 5) is 0. The lowest BCUT2D eigenvalue weighted by Gasteiger charge is -2.11. The minimum absolute atomic E-state index is 0.0520. The van der Waals surface area contributed by atoms with Gasteiger partial charge in [0.15, 0.2) is 11.6 Å². The summed E-state index contributed by atoms with van der Waals surface area (Å²) >= 11 is 5.60. The summed E-state index contributed by atoms with van der Waals surface area (Å²) in [5.41, 5.74) is 6.21. The lowest BCUT2D eigenvalue weighted by atomic mass is 9.97. The highest BCUT2D eigenvalue weighted by Crippen LogP contribution is 2.30.